The predicted octanol–water partition coefficient (Wildman–Crippen LogP) is 5.24. The molecule has 3 aliphatic rings. The SMILES string of the molecule is CCC(C)(C)OC12CCC(OC(C)(C)CC)(CC1)CC2. The Morgan fingerprint density at radius 2 is 0.900 bits per heavy atom. The van der Waals surface area contributed by atoms with Crippen LogP contribution in [0.5, 0.6) is 0 Å². The summed E-state index contributed by atoms with van der Waals surface area (Å²) in [5.41, 5.74) is 0.309. The molecule has 3 rings (SSSR count). The van der Waals surface area contributed by atoms with E-state index < -0.39 is 0 Å². The van der Waals surface area contributed by atoms with E-state index in [2.05, 4.69) is 41.5 Å². The molecule has 0 aliphatic heterocycles. The van der Waals surface area contributed by atoms with Crippen molar-refractivity contribution in [2.24, 2.45) is 0 Å². The van der Waals surface area contributed by atoms with E-state index in [-0.39, 0.29) is 22.4 Å². The third-order valence-corrected chi connectivity index (χ3v) is 5.80. The number of rotatable bonds is 6. The lowest BCUT2D eigenvalue weighted by Gasteiger charge is -2.56. The van der Waals surface area contributed by atoms with Crippen molar-refractivity contribution in [2.45, 2.75) is 115 Å². The summed E-state index contributed by atoms with van der Waals surface area (Å²) in [7, 11) is 0. The van der Waals surface area contributed by atoms with Crippen molar-refractivity contribution in [1.82, 2.24) is 0 Å². The zero-order valence-corrected chi connectivity index (χ0v) is 14.5. The van der Waals surface area contributed by atoms with Gasteiger partial charge in [0.05, 0.1) is 22.4 Å². The van der Waals surface area contributed by atoms with E-state index in [0.717, 1.165) is 12.8 Å². The van der Waals surface area contributed by atoms with Gasteiger partial charge in [-0.05, 0) is 79.1 Å². The average Bonchev–Trinajstić information content (AvgIpc) is 2.40. The molecule has 0 amide bonds. The van der Waals surface area contributed by atoms with Crippen LogP contribution in [-0.2, 0) is 9.47 Å². The minimum atomic E-state index is 0.0148. The van der Waals surface area contributed by atoms with Crippen LogP contribution < -0.4 is 0 Å². The van der Waals surface area contributed by atoms with Crippen LogP contribution in [0.2, 0.25) is 0 Å². The molecule has 3 saturated carbocycles. The molecule has 0 saturated heterocycles. The highest BCUT2D eigenvalue weighted by Gasteiger charge is 2.52. The van der Waals surface area contributed by atoms with Gasteiger partial charge >= 0.3 is 0 Å². The van der Waals surface area contributed by atoms with Gasteiger partial charge in [-0.1, -0.05) is 13.8 Å². The molecule has 0 unspecified atom stereocenters. The van der Waals surface area contributed by atoms with E-state index in [1.54, 1.807) is 0 Å². The van der Waals surface area contributed by atoms with Gasteiger partial charge in [-0.25, -0.2) is 0 Å². The van der Waals surface area contributed by atoms with Crippen molar-refractivity contribution in [2.75, 3.05) is 0 Å². The van der Waals surface area contributed by atoms with Crippen LogP contribution in [0.1, 0.15) is 92.9 Å². The molecule has 118 valence electrons. The summed E-state index contributed by atoms with van der Waals surface area (Å²) in [4.78, 5) is 0. The summed E-state index contributed by atoms with van der Waals surface area (Å²) in [5.74, 6) is 0. The van der Waals surface area contributed by atoms with E-state index >= 15 is 0 Å². The van der Waals surface area contributed by atoms with Gasteiger partial charge in [-0.15, -0.1) is 0 Å². The van der Waals surface area contributed by atoms with Gasteiger partial charge in [0.15, 0.2) is 0 Å². The normalized spacial score (nSPS) is 34.5. The summed E-state index contributed by atoms with van der Waals surface area (Å²) in [6.45, 7) is 13.4. The van der Waals surface area contributed by atoms with Crippen LogP contribution in [-0.4, -0.2) is 22.4 Å². The second kappa shape index (κ2) is 5.28. The Morgan fingerprint density at radius 3 is 1.10 bits per heavy atom. The van der Waals surface area contributed by atoms with Crippen molar-refractivity contribution in [3.8, 4) is 0 Å². The lowest BCUT2D eigenvalue weighted by Crippen LogP contribution is -2.56. The topological polar surface area (TPSA) is 18.5 Å². The fourth-order valence-electron chi connectivity index (χ4n) is 3.74. The molecule has 0 spiro atoms. The van der Waals surface area contributed by atoms with Crippen LogP contribution >= 0.6 is 0 Å². The Morgan fingerprint density at radius 1 is 0.650 bits per heavy atom. The quantitative estimate of drug-likeness (QED) is 0.663. The van der Waals surface area contributed by atoms with Gasteiger partial charge in [0.1, 0.15) is 0 Å². The largest absolute Gasteiger partial charge is 0.369 e. The molecule has 0 heterocycles. The predicted molar refractivity (Wildman–Crippen MR) is 84.1 cm³/mol. The van der Waals surface area contributed by atoms with Crippen LogP contribution in [0.4, 0.5) is 0 Å². The number of hydrogen-bond acceptors (Lipinski definition) is 2. The molecule has 0 aromatic heterocycles. The first-order valence-electron chi connectivity index (χ1n) is 8.56. The monoisotopic (exact) mass is 282 g/mol. The lowest BCUT2D eigenvalue weighted by atomic mass is 9.64. The fraction of sp³-hybridized carbons (Fsp3) is 1.00. The van der Waals surface area contributed by atoms with Crippen molar-refractivity contribution in [1.29, 1.82) is 0 Å². The zero-order chi connectivity index (χ0) is 15.1. The highest BCUT2D eigenvalue weighted by molar-refractivity contribution is 5.04. The van der Waals surface area contributed by atoms with Crippen molar-refractivity contribution in [3.63, 3.8) is 0 Å². The first-order valence-corrected chi connectivity index (χ1v) is 8.56. The molecule has 3 aliphatic carbocycles. The maximum atomic E-state index is 6.55. The first-order chi connectivity index (χ1) is 9.16. The maximum Gasteiger partial charge on any atom is 0.0693 e. The third-order valence-electron chi connectivity index (χ3n) is 5.80. The van der Waals surface area contributed by atoms with Gasteiger partial charge in [0.2, 0.25) is 0 Å². The molecule has 20 heavy (non-hydrogen) atoms. The number of hydrogen-bond donors (Lipinski definition) is 0. The molecule has 0 radical (unpaired) electrons. The van der Waals surface area contributed by atoms with Gasteiger partial charge in [0.25, 0.3) is 0 Å². The lowest BCUT2D eigenvalue weighted by molar-refractivity contribution is -0.248. The second-order valence-corrected chi connectivity index (χ2v) is 8.30. The Kier molecular flexibility index (Phi) is 4.30. The van der Waals surface area contributed by atoms with E-state index in [1.807, 2.05) is 0 Å². The minimum absolute atomic E-state index is 0.0148. The molecule has 0 aromatic carbocycles. The summed E-state index contributed by atoms with van der Waals surface area (Å²) >= 11 is 0. The highest BCUT2D eigenvalue weighted by Crippen LogP contribution is 2.53. The summed E-state index contributed by atoms with van der Waals surface area (Å²) < 4.78 is 13.1. The maximum absolute atomic E-state index is 6.55. The molecule has 0 atom stereocenters. The Balaban J connectivity index is 2.00. The summed E-state index contributed by atoms with van der Waals surface area (Å²) in [5, 5.41) is 0. The second-order valence-electron chi connectivity index (χ2n) is 8.30. The molecule has 2 bridgehead atoms. The molecule has 2 heteroatoms. The first kappa shape index (κ1) is 16.3. The zero-order valence-electron chi connectivity index (χ0n) is 14.5. The standard InChI is InChI=1S/C18H34O2/c1-7-15(3,4)19-17-9-12-18(13-10-17,14-11-17)20-16(5,6)8-2/h7-14H2,1-6H3. The Labute approximate surface area is 125 Å². The smallest absolute Gasteiger partial charge is 0.0693 e. The average molecular weight is 282 g/mol. The van der Waals surface area contributed by atoms with E-state index in [4.69, 9.17) is 9.47 Å². The molecular formula is C18H34O2. The van der Waals surface area contributed by atoms with Gasteiger partial charge < -0.3 is 9.47 Å². The minimum Gasteiger partial charge on any atom is -0.369 e. The van der Waals surface area contributed by atoms with Crippen LogP contribution in [0.25, 0.3) is 0 Å². The van der Waals surface area contributed by atoms with Gasteiger partial charge in [-0.3, -0.25) is 0 Å². The Hall–Kier alpha value is -0.0800. The molecule has 0 N–H and O–H groups in total. The number of fused-ring (bicyclic) bond motifs is 3. The van der Waals surface area contributed by atoms with Gasteiger partial charge in [0, 0.05) is 0 Å². The van der Waals surface area contributed by atoms with Crippen molar-refractivity contribution >= 4 is 0 Å². The molecule has 3 fully saturated rings. The van der Waals surface area contributed by atoms with E-state index in [0.29, 0.717) is 0 Å². The highest BCUT2D eigenvalue weighted by atomic mass is 16.5. The third kappa shape index (κ3) is 3.39. The van der Waals surface area contributed by atoms with Crippen molar-refractivity contribution in [3.05, 3.63) is 0 Å². The summed E-state index contributed by atoms with van der Waals surface area (Å²) in [6.07, 6.45) is 9.23. The molecule has 2 nitrogen and oxygen atoms in total. The Bertz CT molecular complexity index is 285. The molecular weight excluding hydrogens is 248 g/mol. The number of ether oxygens (including phenoxy) is 2. The van der Waals surface area contributed by atoms with Crippen molar-refractivity contribution < 1.29 is 9.47 Å². The van der Waals surface area contributed by atoms with Crippen LogP contribution in [0.3, 0.4) is 0 Å². The van der Waals surface area contributed by atoms with E-state index in [9.17, 15) is 0 Å². The summed E-state index contributed by atoms with van der Waals surface area (Å²) in [6, 6.07) is 0. The molecule has 0 aromatic rings. The van der Waals surface area contributed by atoms with Gasteiger partial charge in [-0.2, -0.15) is 0 Å². The van der Waals surface area contributed by atoms with Crippen LogP contribution in [0, 0.1) is 0 Å². The van der Waals surface area contributed by atoms with Crippen LogP contribution in [0.15, 0.2) is 0 Å². The van der Waals surface area contributed by atoms with E-state index in [1.165, 1.54) is 38.5 Å². The fourth-order valence-corrected chi connectivity index (χ4v) is 3.74.